The molecule has 0 aliphatic heterocycles. The lowest BCUT2D eigenvalue weighted by Crippen LogP contribution is -2.27. The number of hydrogen-bond acceptors (Lipinski definition) is 5. The lowest BCUT2D eigenvalue weighted by atomic mass is 10.3. The van der Waals surface area contributed by atoms with E-state index in [1.54, 1.807) is 0 Å². The van der Waals surface area contributed by atoms with Crippen LogP contribution < -0.4 is 9.46 Å². The molecule has 0 fully saturated rings. The van der Waals surface area contributed by atoms with Crippen molar-refractivity contribution in [3.63, 3.8) is 0 Å². The maximum Gasteiger partial charge on any atom is 0.417 e. The van der Waals surface area contributed by atoms with Gasteiger partial charge in [-0.1, -0.05) is 11.6 Å². The van der Waals surface area contributed by atoms with Crippen molar-refractivity contribution in [2.45, 2.75) is 17.5 Å². The first-order valence-corrected chi connectivity index (χ1v) is 10.0. The number of ether oxygens (including phenoxy) is 1. The van der Waals surface area contributed by atoms with Crippen molar-refractivity contribution in [2.75, 3.05) is 27.2 Å². The molecule has 1 heterocycles. The molecule has 0 aliphatic rings. The van der Waals surface area contributed by atoms with E-state index in [9.17, 15) is 21.6 Å². The highest BCUT2D eigenvalue weighted by Crippen LogP contribution is 2.34. The average Bonchev–Trinajstić information content (AvgIpc) is 2.60. The van der Waals surface area contributed by atoms with Gasteiger partial charge in [-0.05, 0) is 57.4 Å². The van der Waals surface area contributed by atoms with Crippen LogP contribution in [0.5, 0.6) is 11.6 Å². The first kappa shape index (κ1) is 22.4. The number of alkyl halides is 3. The van der Waals surface area contributed by atoms with Gasteiger partial charge in [0.15, 0.2) is 0 Å². The Kier molecular flexibility index (Phi) is 7.27. The lowest BCUT2D eigenvalue weighted by molar-refractivity contribution is -0.137. The number of rotatable bonds is 8. The highest BCUT2D eigenvalue weighted by atomic mass is 35.5. The third-order valence-corrected chi connectivity index (χ3v) is 5.31. The fourth-order valence-corrected chi connectivity index (χ4v) is 3.42. The second kappa shape index (κ2) is 9.08. The van der Waals surface area contributed by atoms with Gasteiger partial charge in [-0.3, -0.25) is 0 Å². The molecule has 0 bridgehead atoms. The molecule has 0 unspecified atom stereocenters. The molecule has 0 saturated carbocycles. The summed E-state index contributed by atoms with van der Waals surface area (Å²) in [6.07, 6.45) is -3.30. The van der Waals surface area contributed by atoms with Gasteiger partial charge in [0.25, 0.3) is 0 Å². The Labute approximate surface area is 166 Å². The van der Waals surface area contributed by atoms with Crippen molar-refractivity contribution in [2.24, 2.45) is 0 Å². The number of benzene rings is 1. The zero-order valence-electron chi connectivity index (χ0n) is 15.1. The lowest BCUT2D eigenvalue weighted by Gasteiger charge is -2.11. The SMILES string of the molecule is CN(C)CCCNS(=O)(=O)c1ccc(Oc2ncc(C(F)(F)F)cc2Cl)cc1. The highest BCUT2D eigenvalue weighted by molar-refractivity contribution is 7.89. The number of sulfonamides is 1. The smallest absolute Gasteiger partial charge is 0.417 e. The topological polar surface area (TPSA) is 71.5 Å². The number of nitrogens with zero attached hydrogens (tertiary/aromatic N) is 2. The van der Waals surface area contributed by atoms with E-state index in [0.717, 1.165) is 6.54 Å². The van der Waals surface area contributed by atoms with Crippen LogP contribution >= 0.6 is 11.6 Å². The van der Waals surface area contributed by atoms with Gasteiger partial charge < -0.3 is 9.64 Å². The average molecular weight is 438 g/mol. The van der Waals surface area contributed by atoms with Crippen molar-refractivity contribution in [3.8, 4) is 11.6 Å². The Morgan fingerprint density at radius 1 is 1.21 bits per heavy atom. The zero-order valence-corrected chi connectivity index (χ0v) is 16.7. The Morgan fingerprint density at radius 3 is 2.39 bits per heavy atom. The maximum atomic E-state index is 12.6. The van der Waals surface area contributed by atoms with Gasteiger partial charge in [-0.15, -0.1) is 0 Å². The van der Waals surface area contributed by atoms with Gasteiger partial charge in [-0.25, -0.2) is 18.1 Å². The van der Waals surface area contributed by atoms with Gasteiger partial charge in [0.2, 0.25) is 15.9 Å². The van der Waals surface area contributed by atoms with E-state index < -0.39 is 21.8 Å². The molecule has 154 valence electrons. The molecule has 1 aromatic heterocycles. The second-order valence-electron chi connectivity index (χ2n) is 6.14. The maximum absolute atomic E-state index is 12.6. The number of aromatic nitrogens is 1. The van der Waals surface area contributed by atoms with Crippen molar-refractivity contribution in [1.82, 2.24) is 14.6 Å². The number of hydrogen-bond donors (Lipinski definition) is 1. The van der Waals surface area contributed by atoms with Crippen LogP contribution in [0, 0.1) is 0 Å². The van der Waals surface area contributed by atoms with Crippen LogP contribution in [0.3, 0.4) is 0 Å². The monoisotopic (exact) mass is 437 g/mol. The van der Waals surface area contributed by atoms with Crippen LogP contribution in [0.4, 0.5) is 13.2 Å². The summed E-state index contributed by atoms with van der Waals surface area (Å²) in [4.78, 5) is 5.55. The minimum Gasteiger partial charge on any atom is -0.438 e. The van der Waals surface area contributed by atoms with E-state index in [4.69, 9.17) is 16.3 Å². The van der Waals surface area contributed by atoms with Crippen molar-refractivity contribution < 1.29 is 26.3 Å². The summed E-state index contributed by atoms with van der Waals surface area (Å²) >= 11 is 5.79. The molecule has 0 radical (unpaired) electrons. The summed E-state index contributed by atoms with van der Waals surface area (Å²) in [7, 11) is 0.119. The second-order valence-corrected chi connectivity index (χ2v) is 8.31. The number of halogens is 4. The fraction of sp³-hybridized carbons (Fsp3) is 0.353. The highest BCUT2D eigenvalue weighted by Gasteiger charge is 2.31. The van der Waals surface area contributed by atoms with Crippen LogP contribution in [0.2, 0.25) is 5.02 Å². The van der Waals surface area contributed by atoms with Crippen molar-refractivity contribution >= 4 is 21.6 Å². The molecule has 28 heavy (non-hydrogen) atoms. The van der Waals surface area contributed by atoms with Crippen LogP contribution in [-0.4, -0.2) is 45.5 Å². The molecular formula is C17H19ClF3N3O3S. The minimum atomic E-state index is -4.56. The Morgan fingerprint density at radius 2 is 1.86 bits per heavy atom. The van der Waals surface area contributed by atoms with E-state index in [0.29, 0.717) is 25.2 Å². The van der Waals surface area contributed by atoms with E-state index in [1.165, 1.54) is 24.3 Å². The third kappa shape index (κ3) is 6.33. The molecule has 11 heteroatoms. The van der Waals surface area contributed by atoms with Crippen LogP contribution in [0.25, 0.3) is 0 Å². The van der Waals surface area contributed by atoms with Crippen molar-refractivity contribution in [1.29, 1.82) is 0 Å². The molecule has 0 spiro atoms. The largest absolute Gasteiger partial charge is 0.438 e. The van der Waals surface area contributed by atoms with Gasteiger partial charge >= 0.3 is 6.18 Å². The summed E-state index contributed by atoms with van der Waals surface area (Å²) in [5.41, 5.74) is -0.994. The van der Waals surface area contributed by atoms with Crippen LogP contribution in [0.1, 0.15) is 12.0 Å². The molecular weight excluding hydrogens is 419 g/mol. The predicted molar refractivity (Wildman–Crippen MR) is 99.1 cm³/mol. The van der Waals surface area contributed by atoms with E-state index in [1.807, 2.05) is 19.0 Å². The van der Waals surface area contributed by atoms with Gasteiger partial charge in [-0.2, -0.15) is 13.2 Å². The van der Waals surface area contributed by atoms with Crippen LogP contribution in [0.15, 0.2) is 41.4 Å². The standard InChI is InChI=1S/C17H19ClF3N3O3S/c1-24(2)9-3-8-23-28(25,26)14-6-4-13(5-7-14)27-16-15(18)10-12(11-22-16)17(19,20)21/h4-7,10-11,23H,3,8-9H2,1-2H3. The molecule has 0 saturated heterocycles. The number of pyridine rings is 1. The van der Waals surface area contributed by atoms with Gasteiger partial charge in [0.1, 0.15) is 10.8 Å². The summed E-state index contributed by atoms with van der Waals surface area (Å²) in [5, 5.41) is -0.311. The summed E-state index contributed by atoms with van der Waals surface area (Å²) < 4.78 is 70.2. The Bertz CT molecular complexity index is 904. The molecule has 2 rings (SSSR count). The molecule has 2 aromatic rings. The van der Waals surface area contributed by atoms with Gasteiger partial charge in [0.05, 0.1) is 10.5 Å². The molecule has 1 aromatic carbocycles. The predicted octanol–water partition coefficient (Wildman–Crippen LogP) is 3.78. The van der Waals surface area contributed by atoms with E-state index in [2.05, 4.69) is 9.71 Å². The fourth-order valence-electron chi connectivity index (χ4n) is 2.14. The Balaban J connectivity index is 2.04. The normalized spacial score (nSPS) is 12.4. The summed E-state index contributed by atoms with van der Waals surface area (Å²) in [5.74, 6) is -0.0344. The molecule has 0 amide bonds. The third-order valence-electron chi connectivity index (χ3n) is 3.56. The molecule has 6 nitrogen and oxygen atoms in total. The van der Waals surface area contributed by atoms with Crippen molar-refractivity contribution in [3.05, 3.63) is 47.1 Å². The Hall–Kier alpha value is -1.88. The summed E-state index contributed by atoms with van der Waals surface area (Å²) in [6.45, 7) is 1.04. The van der Waals surface area contributed by atoms with E-state index >= 15 is 0 Å². The van der Waals surface area contributed by atoms with E-state index in [-0.39, 0.29) is 21.5 Å². The van der Waals surface area contributed by atoms with Crippen LogP contribution in [-0.2, 0) is 16.2 Å². The molecule has 0 aliphatic carbocycles. The molecule has 0 atom stereocenters. The zero-order chi connectivity index (χ0) is 20.9. The van der Waals surface area contributed by atoms with Gasteiger partial charge in [0, 0.05) is 12.7 Å². The first-order chi connectivity index (χ1) is 13.0. The number of nitrogens with one attached hydrogen (secondary N) is 1. The molecule has 1 N–H and O–H groups in total. The quantitative estimate of drug-likeness (QED) is 0.636. The minimum absolute atomic E-state index is 0.0381. The first-order valence-electron chi connectivity index (χ1n) is 8.14. The summed E-state index contributed by atoms with van der Waals surface area (Å²) in [6, 6.07) is 6.08.